The van der Waals surface area contributed by atoms with Crippen LogP contribution in [0.2, 0.25) is 0 Å². The molecule has 2 amide bonds. The van der Waals surface area contributed by atoms with Gasteiger partial charge in [-0.25, -0.2) is 4.79 Å². The SMILES string of the molecule is COCC(C)NC(=O)CN1CC(CN)OC1=O. The molecular weight excluding hydrogens is 226 g/mol. The molecule has 1 aliphatic heterocycles. The van der Waals surface area contributed by atoms with Gasteiger partial charge in [0.25, 0.3) is 0 Å². The molecule has 17 heavy (non-hydrogen) atoms. The topological polar surface area (TPSA) is 93.9 Å². The Bertz CT molecular complexity index is 285. The molecule has 7 heteroatoms. The lowest BCUT2D eigenvalue weighted by Crippen LogP contribution is -2.43. The maximum Gasteiger partial charge on any atom is 0.410 e. The molecular formula is C10H19N3O4. The molecule has 1 rings (SSSR count). The molecule has 0 bridgehead atoms. The number of cyclic esters (lactones) is 1. The van der Waals surface area contributed by atoms with E-state index in [1.54, 1.807) is 7.11 Å². The summed E-state index contributed by atoms with van der Waals surface area (Å²) in [5, 5.41) is 2.72. The highest BCUT2D eigenvalue weighted by Crippen LogP contribution is 2.09. The molecule has 3 N–H and O–H groups in total. The minimum atomic E-state index is -0.491. The number of nitrogens with one attached hydrogen (secondary N) is 1. The first kappa shape index (κ1) is 13.7. The molecule has 0 radical (unpaired) electrons. The molecule has 0 aromatic heterocycles. The maximum absolute atomic E-state index is 11.6. The smallest absolute Gasteiger partial charge is 0.410 e. The van der Waals surface area contributed by atoms with Gasteiger partial charge in [-0.2, -0.15) is 0 Å². The van der Waals surface area contributed by atoms with Crippen LogP contribution in [0.4, 0.5) is 4.79 Å². The lowest BCUT2D eigenvalue weighted by molar-refractivity contribution is -0.122. The van der Waals surface area contributed by atoms with Crippen LogP contribution in [0.15, 0.2) is 0 Å². The number of hydrogen-bond acceptors (Lipinski definition) is 5. The Labute approximate surface area is 100 Å². The molecule has 1 saturated heterocycles. The number of carbonyl (C=O) groups is 2. The van der Waals surface area contributed by atoms with Gasteiger partial charge in [0, 0.05) is 19.7 Å². The third-order valence-electron chi connectivity index (χ3n) is 2.37. The van der Waals surface area contributed by atoms with E-state index in [1.165, 1.54) is 4.90 Å². The molecule has 0 saturated carbocycles. The van der Waals surface area contributed by atoms with Crippen LogP contribution in [0.3, 0.4) is 0 Å². The summed E-state index contributed by atoms with van der Waals surface area (Å²) in [7, 11) is 1.56. The van der Waals surface area contributed by atoms with Crippen LogP contribution in [0.25, 0.3) is 0 Å². The summed E-state index contributed by atoms with van der Waals surface area (Å²) >= 11 is 0. The Morgan fingerprint density at radius 2 is 2.47 bits per heavy atom. The van der Waals surface area contributed by atoms with Gasteiger partial charge in [0.2, 0.25) is 5.91 Å². The predicted molar refractivity (Wildman–Crippen MR) is 60.4 cm³/mol. The summed E-state index contributed by atoms with van der Waals surface area (Å²) in [5.41, 5.74) is 5.39. The average molecular weight is 245 g/mol. The standard InChI is InChI=1S/C10H19N3O4/c1-7(6-16-2)12-9(14)5-13-4-8(3-11)17-10(13)15/h7-8H,3-6,11H2,1-2H3,(H,12,14). The van der Waals surface area contributed by atoms with E-state index in [0.717, 1.165) is 0 Å². The normalized spacial score (nSPS) is 21.2. The second kappa shape index (κ2) is 6.41. The first-order valence-electron chi connectivity index (χ1n) is 5.50. The lowest BCUT2D eigenvalue weighted by Gasteiger charge is -2.16. The Balaban J connectivity index is 2.34. The lowest BCUT2D eigenvalue weighted by atomic mass is 10.3. The van der Waals surface area contributed by atoms with Crippen molar-refractivity contribution in [2.24, 2.45) is 5.73 Å². The summed E-state index contributed by atoms with van der Waals surface area (Å²) < 4.78 is 9.83. The van der Waals surface area contributed by atoms with Crippen molar-refractivity contribution in [2.45, 2.75) is 19.1 Å². The van der Waals surface area contributed by atoms with Gasteiger partial charge in [0.05, 0.1) is 13.2 Å². The van der Waals surface area contributed by atoms with Crippen molar-refractivity contribution in [3.05, 3.63) is 0 Å². The Hall–Kier alpha value is -1.34. The van der Waals surface area contributed by atoms with Crippen molar-refractivity contribution in [3.63, 3.8) is 0 Å². The third-order valence-corrected chi connectivity index (χ3v) is 2.37. The van der Waals surface area contributed by atoms with Crippen molar-refractivity contribution in [3.8, 4) is 0 Å². The molecule has 1 fully saturated rings. The van der Waals surface area contributed by atoms with E-state index < -0.39 is 6.09 Å². The number of ether oxygens (including phenoxy) is 2. The maximum atomic E-state index is 11.6. The molecule has 2 atom stereocenters. The first-order valence-corrected chi connectivity index (χ1v) is 5.50. The molecule has 0 aliphatic carbocycles. The zero-order chi connectivity index (χ0) is 12.8. The number of rotatable bonds is 6. The zero-order valence-corrected chi connectivity index (χ0v) is 10.1. The molecule has 0 aromatic rings. The van der Waals surface area contributed by atoms with Gasteiger partial charge in [0.1, 0.15) is 12.6 Å². The van der Waals surface area contributed by atoms with Crippen LogP contribution < -0.4 is 11.1 Å². The second-order valence-electron chi connectivity index (χ2n) is 4.05. The fraction of sp³-hybridized carbons (Fsp3) is 0.800. The van der Waals surface area contributed by atoms with Crippen LogP contribution in [0, 0.1) is 0 Å². The quantitative estimate of drug-likeness (QED) is 0.620. The molecule has 7 nitrogen and oxygen atoms in total. The Morgan fingerprint density at radius 1 is 1.76 bits per heavy atom. The number of nitrogens with two attached hydrogens (primary N) is 1. The van der Waals surface area contributed by atoms with Crippen LogP contribution in [-0.4, -0.2) is 62.4 Å². The highest BCUT2D eigenvalue weighted by molar-refractivity contribution is 5.83. The second-order valence-corrected chi connectivity index (χ2v) is 4.05. The molecule has 1 aliphatic rings. The number of amides is 2. The highest BCUT2D eigenvalue weighted by atomic mass is 16.6. The van der Waals surface area contributed by atoms with Crippen LogP contribution >= 0.6 is 0 Å². The van der Waals surface area contributed by atoms with Gasteiger partial charge in [0.15, 0.2) is 0 Å². The van der Waals surface area contributed by atoms with Crippen LogP contribution in [0.5, 0.6) is 0 Å². The van der Waals surface area contributed by atoms with Crippen molar-refractivity contribution in [1.82, 2.24) is 10.2 Å². The van der Waals surface area contributed by atoms with Gasteiger partial charge >= 0.3 is 6.09 Å². The largest absolute Gasteiger partial charge is 0.443 e. The van der Waals surface area contributed by atoms with Gasteiger partial charge < -0.3 is 20.5 Å². The molecule has 98 valence electrons. The van der Waals surface area contributed by atoms with Gasteiger partial charge in [-0.05, 0) is 6.92 Å². The Morgan fingerprint density at radius 3 is 3.00 bits per heavy atom. The van der Waals surface area contributed by atoms with Crippen LogP contribution in [0.1, 0.15) is 6.92 Å². The van der Waals surface area contributed by atoms with Crippen molar-refractivity contribution in [1.29, 1.82) is 0 Å². The molecule has 0 spiro atoms. The minimum absolute atomic E-state index is 0.0105. The number of methoxy groups -OCH3 is 1. The molecule has 1 heterocycles. The summed E-state index contributed by atoms with van der Waals surface area (Å²) in [6.45, 7) is 2.88. The van der Waals surface area contributed by atoms with Gasteiger partial charge in [-0.3, -0.25) is 9.69 Å². The molecule has 0 aromatic carbocycles. The molecule has 2 unspecified atom stereocenters. The van der Waals surface area contributed by atoms with E-state index in [-0.39, 0.29) is 31.1 Å². The monoisotopic (exact) mass is 245 g/mol. The zero-order valence-electron chi connectivity index (χ0n) is 10.1. The van der Waals surface area contributed by atoms with Crippen LogP contribution in [-0.2, 0) is 14.3 Å². The van der Waals surface area contributed by atoms with E-state index >= 15 is 0 Å². The number of hydrogen-bond donors (Lipinski definition) is 2. The summed E-state index contributed by atoms with van der Waals surface area (Å²) in [4.78, 5) is 24.3. The van der Waals surface area contributed by atoms with E-state index in [1.807, 2.05) is 6.92 Å². The number of nitrogens with zero attached hydrogens (tertiary/aromatic N) is 1. The number of carbonyl (C=O) groups excluding carboxylic acids is 2. The summed E-state index contributed by atoms with van der Waals surface area (Å²) in [6.07, 6.45) is -0.804. The highest BCUT2D eigenvalue weighted by Gasteiger charge is 2.31. The summed E-state index contributed by atoms with van der Waals surface area (Å²) in [6, 6.07) is -0.0866. The first-order chi connectivity index (χ1) is 8.06. The fourth-order valence-electron chi connectivity index (χ4n) is 1.61. The van der Waals surface area contributed by atoms with Crippen molar-refractivity contribution >= 4 is 12.0 Å². The van der Waals surface area contributed by atoms with Gasteiger partial charge in [-0.1, -0.05) is 0 Å². The van der Waals surface area contributed by atoms with E-state index in [4.69, 9.17) is 15.2 Å². The minimum Gasteiger partial charge on any atom is -0.443 e. The van der Waals surface area contributed by atoms with E-state index in [9.17, 15) is 9.59 Å². The van der Waals surface area contributed by atoms with Crippen molar-refractivity contribution < 1.29 is 19.1 Å². The third kappa shape index (κ3) is 4.20. The fourth-order valence-corrected chi connectivity index (χ4v) is 1.61. The Kier molecular flexibility index (Phi) is 5.17. The summed E-state index contributed by atoms with van der Waals surface area (Å²) in [5.74, 6) is -0.232. The predicted octanol–water partition coefficient (Wildman–Crippen LogP) is -1.08. The van der Waals surface area contributed by atoms with Gasteiger partial charge in [-0.15, -0.1) is 0 Å². The average Bonchev–Trinajstić information content (AvgIpc) is 2.59. The van der Waals surface area contributed by atoms with Crippen molar-refractivity contribution in [2.75, 3.05) is 33.4 Å². The van der Waals surface area contributed by atoms with E-state index in [0.29, 0.717) is 13.2 Å². The van der Waals surface area contributed by atoms with E-state index in [2.05, 4.69) is 5.32 Å².